The molecule has 3 heteroatoms. The van der Waals surface area contributed by atoms with Gasteiger partial charge in [0.1, 0.15) is 5.75 Å². The molecule has 1 saturated heterocycles. The minimum absolute atomic E-state index is 0.242. The molecule has 1 fully saturated rings. The van der Waals surface area contributed by atoms with Crippen molar-refractivity contribution in [3.05, 3.63) is 24.3 Å². The van der Waals surface area contributed by atoms with Gasteiger partial charge in [-0.25, -0.2) is 0 Å². The smallest absolute Gasteiger partial charge is 0.119 e. The van der Waals surface area contributed by atoms with E-state index in [0.717, 1.165) is 25.1 Å². The summed E-state index contributed by atoms with van der Waals surface area (Å²) in [5.41, 5.74) is 1.17. The first-order chi connectivity index (χ1) is 7.35. The van der Waals surface area contributed by atoms with Gasteiger partial charge in [-0.1, -0.05) is 0 Å². The molecule has 2 rings (SSSR count). The van der Waals surface area contributed by atoms with Crippen molar-refractivity contribution in [1.29, 1.82) is 0 Å². The standard InChI is InChI=1S/C12H17NO2/c1-15-12-6-4-10(5-7-12)13-8-2-3-11(13)9-14/h4-7,11,14H,2-3,8-9H2,1H3/t11-/m0/s1. The highest BCUT2D eigenvalue weighted by atomic mass is 16.5. The topological polar surface area (TPSA) is 32.7 Å². The van der Waals surface area contributed by atoms with Crippen molar-refractivity contribution in [3.63, 3.8) is 0 Å². The van der Waals surface area contributed by atoms with E-state index in [1.807, 2.05) is 24.3 Å². The molecule has 0 aliphatic carbocycles. The summed E-state index contributed by atoms with van der Waals surface area (Å²) in [6, 6.07) is 8.31. The Bertz CT molecular complexity index is 310. The predicted octanol–water partition coefficient (Wildman–Crippen LogP) is 1.66. The second-order valence-electron chi connectivity index (χ2n) is 3.87. The highest BCUT2D eigenvalue weighted by Gasteiger charge is 2.23. The molecule has 0 amide bonds. The van der Waals surface area contributed by atoms with Crippen LogP contribution < -0.4 is 9.64 Å². The molecule has 1 N–H and O–H groups in total. The maximum atomic E-state index is 9.23. The van der Waals surface area contributed by atoms with Gasteiger partial charge in [-0.15, -0.1) is 0 Å². The van der Waals surface area contributed by atoms with E-state index in [0.29, 0.717) is 6.04 Å². The van der Waals surface area contributed by atoms with Crippen molar-refractivity contribution in [3.8, 4) is 5.75 Å². The van der Waals surface area contributed by atoms with Crippen molar-refractivity contribution in [2.24, 2.45) is 0 Å². The Morgan fingerprint density at radius 1 is 1.40 bits per heavy atom. The highest BCUT2D eigenvalue weighted by molar-refractivity contribution is 5.50. The molecule has 1 aromatic rings. The Labute approximate surface area is 90.3 Å². The van der Waals surface area contributed by atoms with Gasteiger partial charge in [0.05, 0.1) is 19.8 Å². The summed E-state index contributed by atoms with van der Waals surface area (Å²) in [7, 11) is 1.67. The van der Waals surface area contributed by atoms with Crippen LogP contribution in [0.1, 0.15) is 12.8 Å². The number of hydrogen-bond donors (Lipinski definition) is 1. The molecule has 0 radical (unpaired) electrons. The molecule has 0 bridgehead atoms. The third-order valence-corrected chi connectivity index (χ3v) is 2.99. The lowest BCUT2D eigenvalue weighted by atomic mass is 10.2. The fourth-order valence-corrected chi connectivity index (χ4v) is 2.14. The van der Waals surface area contributed by atoms with Crippen LogP contribution in [0.2, 0.25) is 0 Å². The zero-order chi connectivity index (χ0) is 10.7. The summed E-state index contributed by atoms with van der Waals surface area (Å²) in [5, 5.41) is 9.23. The lowest BCUT2D eigenvalue weighted by Gasteiger charge is -2.25. The van der Waals surface area contributed by atoms with Crippen molar-refractivity contribution in [1.82, 2.24) is 0 Å². The van der Waals surface area contributed by atoms with Crippen LogP contribution in [-0.2, 0) is 0 Å². The Morgan fingerprint density at radius 3 is 2.73 bits per heavy atom. The van der Waals surface area contributed by atoms with Gasteiger partial charge in [-0.3, -0.25) is 0 Å². The average molecular weight is 207 g/mol. The number of benzene rings is 1. The third kappa shape index (κ3) is 2.07. The molecule has 0 unspecified atom stereocenters. The molecule has 1 heterocycles. The monoisotopic (exact) mass is 207 g/mol. The van der Waals surface area contributed by atoms with Crippen molar-refractivity contribution in [2.45, 2.75) is 18.9 Å². The van der Waals surface area contributed by atoms with E-state index in [1.165, 1.54) is 5.69 Å². The summed E-state index contributed by atoms with van der Waals surface area (Å²) in [6.07, 6.45) is 2.25. The molecular formula is C12H17NO2. The average Bonchev–Trinajstić information content (AvgIpc) is 2.77. The first kappa shape index (κ1) is 10.3. The van der Waals surface area contributed by atoms with E-state index < -0.39 is 0 Å². The van der Waals surface area contributed by atoms with E-state index in [4.69, 9.17) is 4.74 Å². The van der Waals surface area contributed by atoms with E-state index in [1.54, 1.807) is 7.11 Å². The van der Waals surface area contributed by atoms with Crippen LogP contribution in [0.15, 0.2) is 24.3 Å². The van der Waals surface area contributed by atoms with Gasteiger partial charge < -0.3 is 14.7 Å². The SMILES string of the molecule is COc1ccc(N2CCC[C@H]2CO)cc1. The molecule has 1 aromatic carbocycles. The predicted molar refractivity (Wildman–Crippen MR) is 60.4 cm³/mol. The number of methoxy groups -OCH3 is 1. The van der Waals surface area contributed by atoms with Gasteiger partial charge in [-0.2, -0.15) is 0 Å². The fraction of sp³-hybridized carbons (Fsp3) is 0.500. The zero-order valence-electron chi connectivity index (χ0n) is 9.02. The van der Waals surface area contributed by atoms with Gasteiger partial charge >= 0.3 is 0 Å². The van der Waals surface area contributed by atoms with Gasteiger partial charge in [0.2, 0.25) is 0 Å². The molecule has 15 heavy (non-hydrogen) atoms. The summed E-state index contributed by atoms with van der Waals surface area (Å²) in [4.78, 5) is 2.26. The zero-order valence-corrected chi connectivity index (χ0v) is 9.02. The number of rotatable bonds is 3. The van der Waals surface area contributed by atoms with Gasteiger partial charge in [-0.05, 0) is 37.1 Å². The molecule has 3 nitrogen and oxygen atoms in total. The number of nitrogens with zero attached hydrogens (tertiary/aromatic N) is 1. The first-order valence-corrected chi connectivity index (χ1v) is 5.36. The van der Waals surface area contributed by atoms with Crippen LogP contribution in [-0.4, -0.2) is 31.4 Å². The largest absolute Gasteiger partial charge is 0.497 e. The highest BCUT2D eigenvalue weighted by Crippen LogP contribution is 2.26. The van der Waals surface area contributed by atoms with Crippen LogP contribution in [0.4, 0.5) is 5.69 Å². The molecule has 0 spiro atoms. The van der Waals surface area contributed by atoms with Crippen LogP contribution in [0.5, 0.6) is 5.75 Å². The Balaban J connectivity index is 2.14. The Hall–Kier alpha value is -1.22. The van der Waals surface area contributed by atoms with E-state index >= 15 is 0 Å². The number of aliphatic hydroxyl groups is 1. The van der Waals surface area contributed by atoms with Crippen molar-refractivity contribution >= 4 is 5.69 Å². The third-order valence-electron chi connectivity index (χ3n) is 2.99. The quantitative estimate of drug-likeness (QED) is 0.818. The minimum atomic E-state index is 0.242. The first-order valence-electron chi connectivity index (χ1n) is 5.36. The van der Waals surface area contributed by atoms with E-state index in [-0.39, 0.29) is 6.61 Å². The second-order valence-corrected chi connectivity index (χ2v) is 3.87. The number of anilines is 1. The summed E-state index contributed by atoms with van der Waals surface area (Å²) >= 11 is 0. The van der Waals surface area contributed by atoms with Gasteiger partial charge in [0.25, 0.3) is 0 Å². The molecule has 0 saturated carbocycles. The maximum Gasteiger partial charge on any atom is 0.119 e. The van der Waals surface area contributed by atoms with Crippen molar-refractivity contribution in [2.75, 3.05) is 25.2 Å². The summed E-state index contributed by atoms with van der Waals surface area (Å²) < 4.78 is 5.12. The summed E-state index contributed by atoms with van der Waals surface area (Å²) in [5.74, 6) is 0.874. The number of ether oxygens (including phenoxy) is 1. The number of hydrogen-bond acceptors (Lipinski definition) is 3. The fourth-order valence-electron chi connectivity index (χ4n) is 2.14. The molecule has 82 valence electrons. The molecule has 1 aliphatic rings. The molecule has 0 aromatic heterocycles. The van der Waals surface area contributed by atoms with Crippen LogP contribution in [0.25, 0.3) is 0 Å². The van der Waals surface area contributed by atoms with E-state index in [2.05, 4.69) is 4.90 Å². The van der Waals surface area contributed by atoms with Crippen LogP contribution in [0, 0.1) is 0 Å². The molecular weight excluding hydrogens is 190 g/mol. The number of aliphatic hydroxyl groups excluding tert-OH is 1. The van der Waals surface area contributed by atoms with Crippen LogP contribution in [0.3, 0.4) is 0 Å². The van der Waals surface area contributed by atoms with Crippen LogP contribution >= 0.6 is 0 Å². The lowest BCUT2D eigenvalue weighted by molar-refractivity contribution is 0.266. The second kappa shape index (κ2) is 4.53. The van der Waals surface area contributed by atoms with E-state index in [9.17, 15) is 5.11 Å². The normalized spacial score (nSPS) is 20.7. The van der Waals surface area contributed by atoms with Crippen molar-refractivity contribution < 1.29 is 9.84 Å². The minimum Gasteiger partial charge on any atom is -0.497 e. The Kier molecular flexibility index (Phi) is 3.11. The molecule has 1 atom stereocenters. The lowest BCUT2D eigenvalue weighted by Crippen LogP contribution is -2.31. The maximum absolute atomic E-state index is 9.23. The Morgan fingerprint density at radius 2 is 2.13 bits per heavy atom. The van der Waals surface area contributed by atoms with Gasteiger partial charge in [0, 0.05) is 12.2 Å². The van der Waals surface area contributed by atoms with Gasteiger partial charge in [0.15, 0.2) is 0 Å². The summed E-state index contributed by atoms with van der Waals surface area (Å²) in [6.45, 7) is 1.28. The molecule has 1 aliphatic heterocycles.